The van der Waals surface area contributed by atoms with E-state index in [0.29, 0.717) is 11.8 Å². The summed E-state index contributed by atoms with van der Waals surface area (Å²) in [6, 6.07) is 0. The Morgan fingerprint density at radius 3 is 2.70 bits per heavy atom. The highest BCUT2D eigenvalue weighted by Crippen LogP contribution is 2.36. The average Bonchev–Trinajstić information content (AvgIpc) is 2.81. The molecule has 1 atom stereocenters. The molecule has 0 aromatic carbocycles. The van der Waals surface area contributed by atoms with Gasteiger partial charge in [-0.3, -0.25) is 9.69 Å². The fourth-order valence-corrected chi connectivity index (χ4v) is 3.49. The van der Waals surface area contributed by atoms with Crippen LogP contribution >= 0.6 is 0 Å². The highest BCUT2D eigenvalue weighted by Gasteiger charge is 2.46. The number of amides is 1. The second kappa shape index (κ2) is 6.87. The van der Waals surface area contributed by atoms with Crippen LogP contribution in [0.15, 0.2) is 0 Å². The van der Waals surface area contributed by atoms with E-state index in [9.17, 15) is 4.79 Å². The molecule has 0 radical (unpaired) electrons. The van der Waals surface area contributed by atoms with Gasteiger partial charge >= 0.3 is 0 Å². The zero-order valence-electron chi connectivity index (χ0n) is 12.9. The van der Waals surface area contributed by atoms with Gasteiger partial charge in [-0.2, -0.15) is 0 Å². The second-order valence-corrected chi connectivity index (χ2v) is 6.45. The number of aliphatic hydroxyl groups excluding tert-OH is 1. The van der Waals surface area contributed by atoms with Crippen LogP contribution in [-0.2, 0) is 4.79 Å². The van der Waals surface area contributed by atoms with Crippen molar-refractivity contribution in [3.63, 3.8) is 0 Å². The lowest BCUT2D eigenvalue weighted by Gasteiger charge is -2.36. The molecule has 1 amide bonds. The summed E-state index contributed by atoms with van der Waals surface area (Å²) < 4.78 is 0. The van der Waals surface area contributed by atoms with Crippen LogP contribution in [0.2, 0.25) is 0 Å². The number of β-amino-alcohol motifs (C(OH)–C–C–N with tert-alkyl or cyclic N) is 1. The van der Waals surface area contributed by atoms with Gasteiger partial charge in [0, 0.05) is 32.7 Å². The summed E-state index contributed by atoms with van der Waals surface area (Å²) in [7, 11) is 0. The summed E-state index contributed by atoms with van der Waals surface area (Å²) in [5.74, 6) is 0.713. The van der Waals surface area contributed by atoms with Gasteiger partial charge in [0.05, 0.1) is 12.0 Å². The largest absolute Gasteiger partial charge is 0.395 e. The van der Waals surface area contributed by atoms with Gasteiger partial charge in [-0.1, -0.05) is 13.8 Å². The normalized spacial score (nSPS) is 28.9. The van der Waals surface area contributed by atoms with Crippen molar-refractivity contribution >= 4 is 5.91 Å². The Labute approximate surface area is 122 Å². The van der Waals surface area contributed by atoms with E-state index in [4.69, 9.17) is 5.11 Å². The molecule has 2 aliphatic heterocycles. The molecule has 20 heavy (non-hydrogen) atoms. The molecule has 116 valence electrons. The van der Waals surface area contributed by atoms with Crippen molar-refractivity contribution < 1.29 is 9.90 Å². The molecular weight excluding hydrogens is 254 g/mol. The van der Waals surface area contributed by atoms with Gasteiger partial charge in [-0.25, -0.2) is 0 Å². The molecule has 2 N–H and O–H groups in total. The van der Waals surface area contributed by atoms with Crippen molar-refractivity contribution in [3.05, 3.63) is 0 Å². The molecule has 2 heterocycles. The molecule has 1 unspecified atom stereocenters. The quantitative estimate of drug-likeness (QED) is 0.771. The summed E-state index contributed by atoms with van der Waals surface area (Å²) in [4.78, 5) is 17.3. The third kappa shape index (κ3) is 3.15. The lowest BCUT2D eigenvalue weighted by molar-refractivity contribution is -0.143. The van der Waals surface area contributed by atoms with E-state index in [0.717, 1.165) is 58.7 Å². The summed E-state index contributed by atoms with van der Waals surface area (Å²) in [5, 5.41) is 12.4. The second-order valence-electron chi connectivity index (χ2n) is 6.45. The molecule has 2 fully saturated rings. The number of carbonyl (C=O) groups excluding carboxylic acids is 1. The van der Waals surface area contributed by atoms with Gasteiger partial charge in [-0.05, 0) is 31.8 Å². The van der Waals surface area contributed by atoms with E-state index in [2.05, 4.69) is 29.0 Å². The van der Waals surface area contributed by atoms with E-state index in [1.54, 1.807) is 0 Å². The molecule has 0 aromatic rings. The van der Waals surface area contributed by atoms with Crippen molar-refractivity contribution in [2.45, 2.75) is 26.7 Å². The van der Waals surface area contributed by atoms with Gasteiger partial charge < -0.3 is 15.3 Å². The highest BCUT2D eigenvalue weighted by atomic mass is 16.3. The summed E-state index contributed by atoms with van der Waals surface area (Å²) in [6.45, 7) is 10.6. The van der Waals surface area contributed by atoms with Crippen LogP contribution in [0, 0.1) is 11.3 Å². The lowest BCUT2D eigenvalue weighted by atomic mass is 9.75. The van der Waals surface area contributed by atoms with Crippen LogP contribution in [0.3, 0.4) is 0 Å². The van der Waals surface area contributed by atoms with E-state index in [-0.39, 0.29) is 12.0 Å². The van der Waals surface area contributed by atoms with Gasteiger partial charge in [0.1, 0.15) is 0 Å². The van der Waals surface area contributed by atoms with E-state index >= 15 is 0 Å². The Morgan fingerprint density at radius 1 is 1.30 bits per heavy atom. The first kappa shape index (κ1) is 15.7. The average molecular weight is 283 g/mol. The minimum Gasteiger partial charge on any atom is -0.395 e. The number of carbonyl (C=O) groups is 1. The number of aliphatic hydroxyl groups is 1. The lowest BCUT2D eigenvalue weighted by Crippen LogP contribution is -2.49. The van der Waals surface area contributed by atoms with Crippen LogP contribution < -0.4 is 5.32 Å². The van der Waals surface area contributed by atoms with Crippen molar-refractivity contribution in [1.82, 2.24) is 15.1 Å². The van der Waals surface area contributed by atoms with Crippen LogP contribution in [0.1, 0.15) is 26.7 Å². The number of hydrogen-bond acceptors (Lipinski definition) is 4. The van der Waals surface area contributed by atoms with Crippen LogP contribution in [-0.4, -0.2) is 73.2 Å². The number of nitrogens with one attached hydrogen (secondary N) is 1. The number of hydrogen-bond donors (Lipinski definition) is 2. The minimum atomic E-state index is -0.202. The predicted octanol–water partition coefficient (Wildman–Crippen LogP) is 0.149. The number of rotatable bonds is 4. The van der Waals surface area contributed by atoms with Gasteiger partial charge in [0.25, 0.3) is 0 Å². The van der Waals surface area contributed by atoms with E-state index < -0.39 is 0 Å². The Bertz CT molecular complexity index is 327. The molecule has 2 rings (SSSR count). The summed E-state index contributed by atoms with van der Waals surface area (Å²) >= 11 is 0. The Morgan fingerprint density at radius 2 is 2.10 bits per heavy atom. The zero-order valence-corrected chi connectivity index (χ0v) is 12.9. The zero-order chi connectivity index (χ0) is 14.6. The van der Waals surface area contributed by atoms with E-state index in [1.165, 1.54) is 0 Å². The van der Waals surface area contributed by atoms with Crippen molar-refractivity contribution in [1.29, 1.82) is 0 Å². The maximum atomic E-state index is 13.0. The molecule has 0 aliphatic carbocycles. The van der Waals surface area contributed by atoms with Crippen LogP contribution in [0.4, 0.5) is 0 Å². The molecule has 2 aliphatic rings. The van der Waals surface area contributed by atoms with Crippen LogP contribution in [0.5, 0.6) is 0 Å². The molecule has 2 saturated heterocycles. The Balaban J connectivity index is 2.01. The standard InChI is InChI=1S/C15H29N3O2/c1-13(2)15(4-5-16-12-15)14(20)18-7-3-6-17(8-9-18)10-11-19/h13,16,19H,3-12H2,1-2H3. The first-order valence-electron chi connectivity index (χ1n) is 7.93. The number of nitrogens with zero attached hydrogens (tertiary/aromatic N) is 2. The first-order valence-corrected chi connectivity index (χ1v) is 7.93. The van der Waals surface area contributed by atoms with Crippen molar-refractivity contribution in [2.75, 3.05) is 52.4 Å². The molecule has 5 nitrogen and oxygen atoms in total. The fraction of sp³-hybridized carbons (Fsp3) is 0.933. The summed E-state index contributed by atoms with van der Waals surface area (Å²) in [5.41, 5.74) is -0.202. The van der Waals surface area contributed by atoms with Gasteiger partial charge in [-0.15, -0.1) is 0 Å². The monoisotopic (exact) mass is 283 g/mol. The third-order valence-electron chi connectivity index (χ3n) is 5.01. The van der Waals surface area contributed by atoms with Crippen LogP contribution in [0.25, 0.3) is 0 Å². The SMILES string of the molecule is CC(C)C1(C(=O)N2CCCN(CCO)CC2)CCNC1. The Hall–Kier alpha value is -0.650. The molecule has 5 heteroatoms. The van der Waals surface area contributed by atoms with Crippen molar-refractivity contribution in [3.8, 4) is 0 Å². The highest BCUT2D eigenvalue weighted by molar-refractivity contribution is 5.83. The first-order chi connectivity index (χ1) is 9.60. The predicted molar refractivity (Wildman–Crippen MR) is 79.5 cm³/mol. The smallest absolute Gasteiger partial charge is 0.230 e. The van der Waals surface area contributed by atoms with Crippen molar-refractivity contribution in [2.24, 2.45) is 11.3 Å². The summed E-state index contributed by atoms with van der Waals surface area (Å²) in [6.07, 6.45) is 1.97. The van der Waals surface area contributed by atoms with Gasteiger partial charge in [0.15, 0.2) is 0 Å². The molecular formula is C15H29N3O2. The third-order valence-corrected chi connectivity index (χ3v) is 5.01. The fourth-order valence-electron chi connectivity index (χ4n) is 3.49. The molecule has 0 saturated carbocycles. The van der Waals surface area contributed by atoms with E-state index in [1.807, 2.05) is 0 Å². The molecule has 0 bridgehead atoms. The topological polar surface area (TPSA) is 55.8 Å². The molecule has 0 aromatic heterocycles. The Kier molecular flexibility index (Phi) is 5.41. The maximum absolute atomic E-state index is 13.0. The molecule has 0 spiro atoms. The maximum Gasteiger partial charge on any atom is 0.230 e. The van der Waals surface area contributed by atoms with Gasteiger partial charge in [0.2, 0.25) is 5.91 Å². The minimum absolute atomic E-state index is 0.202.